The zero-order valence-corrected chi connectivity index (χ0v) is 36.8. The van der Waals surface area contributed by atoms with E-state index in [2.05, 4.69) is 158 Å². The van der Waals surface area contributed by atoms with Gasteiger partial charge >= 0.3 is 0 Å². The van der Waals surface area contributed by atoms with E-state index in [4.69, 9.17) is 9.47 Å². The molecule has 0 aliphatic carbocycles. The van der Waals surface area contributed by atoms with Crippen molar-refractivity contribution >= 4 is 170 Å². The van der Waals surface area contributed by atoms with Gasteiger partial charge in [0.25, 0.3) is 0 Å². The molecule has 0 fully saturated rings. The van der Waals surface area contributed by atoms with Crippen molar-refractivity contribution < 1.29 is 9.47 Å². The minimum absolute atomic E-state index is 0.529. The SMILES string of the molecule is c1cc2ccc3ccc(COCc4cc5c(ccc6sc7ccc8sc9ccc%10sc(COc%11ccc%12ccc%13cccc%14ccc%11c%12c%13%14)cc%10c9c8c7c65)s4)c4ccc(c1)c2c34. The summed E-state index contributed by atoms with van der Waals surface area (Å²) in [6.07, 6.45) is 0. The van der Waals surface area contributed by atoms with Crippen LogP contribution in [0.4, 0.5) is 0 Å². The quantitative estimate of drug-likeness (QED) is 0.149. The van der Waals surface area contributed by atoms with Gasteiger partial charge in [0.15, 0.2) is 0 Å². The number of hydrogen-bond donors (Lipinski definition) is 0. The van der Waals surface area contributed by atoms with Crippen molar-refractivity contribution in [2.75, 3.05) is 0 Å². The second kappa shape index (κ2) is 13.1. The monoisotopic (exact) mass is 876 g/mol. The van der Waals surface area contributed by atoms with Crippen LogP contribution in [-0.2, 0) is 24.6 Å². The fourth-order valence-corrected chi connectivity index (χ4v) is 15.0. The summed E-state index contributed by atoms with van der Waals surface area (Å²) >= 11 is 7.54. The lowest BCUT2D eigenvalue weighted by molar-refractivity contribution is 0.110. The van der Waals surface area contributed by atoms with Crippen LogP contribution >= 0.6 is 45.3 Å². The average Bonchev–Trinajstić information content (AvgIpc) is 4.12. The fraction of sp³-hybridized carbons (Fsp3) is 0.0526. The second-order valence-corrected chi connectivity index (χ2v) is 21.4. The van der Waals surface area contributed by atoms with Crippen LogP contribution in [0.2, 0.25) is 0 Å². The fourth-order valence-electron chi connectivity index (χ4n) is 10.8. The maximum Gasteiger partial charge on any atom is 0.127 e. The molecule has 0 aliphatic heterocycles. The van der Waals surface area contributed by atoms with Gasteiger partial charge in [0.2, 0.25) is 0 Å². The summed E-state index contributed by atoms with van der Waals surface area (Å²) in [4.78, 5) is 2.49. The maximum absolute atomic E-state index is 6.73. The van der Waals surface area contributed by atoms with Crippen molar-refractivity contribution in [2.45, 2.75) is 19.8 Å². The Balaban J connectivity index is 0.796. The Morgan fingerprint density at radius 1 is 0.302 bits per heavy atom. The van der Waals surface area contributed by atoms with Crippen LogP contribution in [0.25, 0.3) is 125 Å². The van der Waals surface area contributed by atoms with Crippen LogP contribution in [0.5, 0.6) is 5.75 Å². The molecule has 63 heavy (non-hydrogen) atoms. The van der Waals surface area contributed by atoms with Gasteiger partial charge in [-0.15, -0.1) is 45.3 Å². The predicted molar refractivity (Wildman–Crippen MR) is 276 cm³/mol. The molecule has 4 heterocycles. The van der Waals surface area contributed by atoms with Crippen molar-refractivity contribution in [1.29, 1.82) is 0 Å². The summed E-state index contributed by atoms with van der Waals surface area (Å²) in [6, 6.07) is 58.8. The zero-order chi connectivity index (χ0) is 40.9. The molecule has 0 radical (unpaired) electrons. The van der Waals surface area contributed by atoms with Crippen molar-refractivity contribution in [2.24, 2.45) is 0 Å². The molecule has 0 atom stereocenters. The van der Waals surface area contributed by atoms with Crippen LogP contribution < -0.4 is 4.74 Å². The molecular formula is C57H32O2S4. The Hall–Kier alpha value is -6.38. The first-order valence-corrected chi connectivity index (χ1v) is 24.6. The standard InChI is InChI=1S/C57H32O2S4/c1-3-30-7-9-34-11-12-36(39-16-13-32(5-1)50(30)52(34)39)27-58-28-37-25-41-44(60-37)19-21-46-54(41)56-48(62-46)23-24-49-57(56)55-42-26-38(61-45(42)20-22-47(55)63-49)29-59-43-18-15-35-10-8-31-4-2-6-33-14-17-40(43)53(35)51(31)33/h1-26H,27-29H2. The number of hydrogen-bond acceptors (Lipinski definition) is 6. The van der Waals surface area contributed by atoms with E-state index < -0.39 is 0 Å². The van der Waals surface area contributed by atoms with Crippen LogP contribution in [0.15, 0.2) is 158 Å². The van der Waals surface area contributed by atoms with Gasteiger partial charge in [0.1, 0.15) is 12.4 Å². The topological polar surface area (TPSA) is 18.5 Å². The first-order valence-electron chi connectivity index (χ1n) is 21.4. The Bertz CT molecular complexity index is 4340. The van der Waals surface area contributed by atoms with E-state index in [1.807, 2.05) is 45.3 Å². The molecule has 15 rings (SSSR count). The molecule has 0 bridgehead atoms. The van der Waals surface area contributed by atoms with E-state index in [0.29, 0.717) is 19.8 Å². The number of benzene rings is 11. The second-order valence-electron chi connectivity index (χ2n) is 16.9. The van der Waals surface area contributed by atoms with Crippen LogP contribution in [-0.4, -0.2) is 0 Å². The lowest BCUT2D eigenvalue weighted by Gasteiger charge is -2.14. The lowest BCUT2D eigenvalue weighted by Crippen LogP contribution is -1.95. The minimum atomic E-state index is 0.529. The molecular weight excluding hydrogens is 845 g/mol. The first kappa shape index (κ1) is 35.1. The molecule has 0 N–H and O–H groups in total. The van der Waals surface area contributed by atoms with Crippen molar-refractivity contribution in [1.82, 2.24) is 0 Å². The number of fused-ring (bicyclic) bond motifs is 11. The molecule has 2 nitrogen and oxygen atoms in total. The Morgan fingerprint density at radius 3 is 1.33 bits per heavy atom. The van der Waals surface area contributed by atoms with E-state index in [1.54, 1.807) is 0 Å². The van der Waals surface area contributed by atoms with Gasteiger partial charge in [-0.25, -0.2) is 0 Å². The molecule has 0 spiro atoms. The number of ether oxygens (including phenoxy) is 2. The Labute approximate surface area is 376 Å². The zero-order valence-electron chi connectivity index (χ0n) is 33.6. The third-order valence-corrected chi connectivity index (χ3v) is 17.9. The lowest BCUT2D eigenvalue weighted by atomic mass is 9.92. The van der Waals surface area contributed by atoms with Crippen molar-refractivity contribution in [3.8, 4) is 5.75 Å². The van der Waals surface area contributed by atoms with Crippen LogP contribution in [0.3, 0.4) is 0 Å². The summed E-state index contributed by atoms with van der Waals surface area (Å²) < 4.78 is 21.3. The van der Waals surface area contributed by atoms with Gasteiger partial charge < -0.3 is 9.47 Å². The number of thiophene rings is 4. The predicted octanol–water partition coefficient (Wildman–Crippen LogP) is 17.9. The molecule has 0 saturated carbocycles. The molecule has 6 heteroatoms. The highest BCUT2D eigenvalue weighted by atomic mass is 32.1. The largest absolute Gasteiger partial charge is 0.487 e. The normalized spacial score (nSPS) is 12.7. The molecule has 0 unspecified atom stereocenters. The summed E-state index contributed by atoms with van der Waals surface area (Å²) in [7, 11) is 0. The van der Waals surface area contributed by atoms with Gasteiger partial charge in [0.05, 0.1) is 13.2 Å². The van der Waals surface area contributed by atoms with Crippen molar-refractivity contribution in [3.05, 3.63) is 173 Å². The average molecular weight is 877 g/mol. The van der Waals surface area contributed by atoms with E-state index in [9.17, 15) is 0 Å². The Morgan fingerprint density at radius 2 is 0.746 bits per heavy atom. The molecule has 15 aromatic rings. The highest BCUT2D eigenvalue weighted by molar-refractivity contribution is 7.28. The summed E-state index contributed by atoms with van der Waals surface area (Å²) in [5.41, 5.74) is 1.24. The third kappa shape index (κ3) is 5.07. The van der Waals surface area contributed by atoms with Gasteiger partial charge in [-0.1, -0.05) is 97.1 Å². The van der Waals surface area contributed by atoms with Crippen LogP contribution in [0.1, 0.15) is 15.3 Å². The highest BCUT2D eigenvalue weighted by Crippen LogP contribution is 2.50. The van der Waals surface area contributed by atoms with Crippen LogP contribution in [0, 0.1) is 0 Å². The molecule has 4 aromatic heterocycles. The van der Waals surface area contributed by atoms with Gasteiger partial charge in [-0.2, -0.15) is 0 Å². The first-order chi connectivity index (χ1) is 31.2. The van der Waals surface area contributed by atoms with E-state index in [0.717, 1.165) is 5.75 Å². The van der Waals surface area contributed by atoms with E-state index in [1.165, 1.54) is 140 Å². The van der Waals surface area contributed by atoms with Gasteiger partial charge in [0, 0.05) is 81.0 Å². The molecule has 296 valence electrons. The third-order valence-electron chi connectivity index (χ3n) is 13.5. The molecule has 0 saturated heterocycles. The summed E-state index contributed by atoms with van der Waals surface area (Å²) in [5.74, 6) is 0.938. The highest BCUT2D eigenvalue weighted by Gasteiger charge is 2.20. The maximum atomic E-state index is 6.73. The molecule has 0 amide bonds. The van der Waals surface area contributed by atoms with Gasteiger partial charge in [-0.05, 0) is 120 Å². The smallest absolute Gasteiger partial charge is 0.127 e. The summed E-state index contributed by atoms with van der Waals surface area (Å²) in [6.45, 7) is 1.68. The van der Waals surface area contributed by atoms with Crippen molar-refractivity contribution in [3.63, 3.8) is 0 Å². The number of rotatable bonds is 7. The van der Waals surface area contributed by atoms with E-state index >= 15 is 0 Å². The molecule has 11 aromatic carbocycles. The van der Waals surface area contributed by atoms with E-state index in [-0.39, 0.29) is 0 Å². The minimum Gasteiger partial charge on any atom is -0.487 e. The molecule has 0 aliphatic rings. The summed E-state index contributed by atoms with van der Waals surface area (Å²) in [5, 5.41) is 23.6. The Kier molecular flexibility index (Phi) is 7.29. The van der Waals surface area contributed by atoms with Gasteiger partial charge in [-0.3, -0.25) is 0 Å².